The fraction of sp³-hybridized carbons (Fsp3) is 0. The van der Waals surface area contributed by atoms with Gasteiger partial charge < -0.3 is 0 Å². The number of benzene rings is 4. The number of nitrogens with zero attached hydrogens (tertiary/aromatic N) is 4. The molecule has 4 heteroatoms. The number of pyridine rings is 4. The molecule has 0 atom stereocenters. The number of rotatable bonds is 4. The van der Waals surface area contributed by atoms with Crippen LogP contribution in [-0.2, 0) is 0 Å². The van der Waals surface area contributed by atoms with Crippen LogP contribution in [0.25, 0.3) is 77.6 Å². The van der Waals surface area contributed by atoms with Crippen molar-refractivity contribution in [1.82, 2.24) is 19.9 Å². The third kappa shape index (κ3) is 4.18. The van der Waals surface area contributed by atoms with E-state index in [1.165, 1.54) is 21.5 Å². The topological polar surface area (TPSA) is 51.6 Å². The Labute approximate surface area is 243 Å². The molecule has 0 spiro atoms. The van der Waals surface area contributed by atoms with Crippen LogP contribution in [0.2, 0.25) is 0 Å². The summed E-state index contributed by atoms with van der Waals surface area (Å²) in [5, 5.41) is 6.00. The van der Waals surface area contributed by atoms with Crippen molar-refractivity contribution in [3.05, 3.63) is 146 Å². The molecule has 0 aliphatic rings. The summed E-state index contributed by atoms with van der Waals surface area (Å²) in [6.45, 7) is 0. The van der Waals surface area contributed by atoms with E-state index in [2.05, 4.69) is 107 Å². The lowest BCUT2D eigenvalue weighted by Crippen LogP contribution is -1.94. The van der Waals surface area contributed by atoms with Crippen molar-refractivity contribution in [1.29, 1.82) is 0 Å². The highest BCUT2D eigenvalue weighted by molar-refractivity contribution is 6.22. The molecule has 4 heterocycles. The Hall–Kier alpha value is -5.74. The minimum atomic E-state index is 0.805. The summed E-state index contributed by atoms with van der Waals surface area (Å²) in [6, 6.07) is 46.0. The Morgan fingerprint density at radius 1 is 0.381 bits per heavy atom. The third-order valence-corrected chi connectivity index (χ3v) is 7.74. The summed E-state index contributed by atoms with van der Waals surface area (Å²) in [7, 11) is 0. The van der Waals surface area contributed by atoms with Crippen LogP contribution in [0.3, 0.4) is 0 Å². The molecular weight excluding hydrogens is 512 g/mol. The lowest BCUT2D eigenvalue weighted by atomic mass is 9.94. The van der Waals surface area contributed by atoms with Gasteiger partial charge in [-0.15, -0.1) is 0 Å². The molecule has 8 aromatic rings. The van der Waals surface area contributed by atoms with Crippen LogP contribution in [0.15, 0.2) is 146 Å². The van der Waals surface area contributed by atoms with Gasteiger partial charge in [0.05, 0.1) is 34.0 Å². The van der Waals surface area contributed by atoms with Crippen LogP contribution in [0, 0.1) is 0 Å². The second kappa shape index (κ2) is 10.0. The molecule has 0 aliphatic carbocycles. The van der Waals surface area contributed by atoms with Crippen molar-refractivity contribution in [2.75, 3.05) is 0 Å². The van der Waals surface area contributed by atoms with E-state index in [-0.39, 0.29) is 0 Å². The second-order valence-corrected chi connectivity index (χ2v) is 10.3. The summed E-state index contributed by atoms with van der Waals surface area (Å²) in [5.74, 6) is 0. The highest BCUT2D eigenvalue weighted by Crippen LogP contribution is 2.38. The molecule has 0 bridgehead atoms. The normalized spacial score (nSPS) is 11.3. The number of fused-ring (bicyclic) bond motifs is 5. The first-order valence-corrected chi connectivity index (χ1v) is 14.0. The molecule has 4 nitrogen and oxygen atoms in total. The maximum Gasteiger partial charge on any atom is 0.0900 e. The maximum atomic E-state index is 5.21. The molecule has 0 radical (unpaired) electrons. The molecule has 0 N–H and O–H groups in total. The van der Waals surface area contributed by atoms with E-state index in [4.69, 9.17) is 9.97 Å². The van der Waals surface area contributed by atoms with Gasteiger partial charge in [0.2, 0.25) is 0 Å². The van der Waals surface area contributed by atoms with E-state index in [1.807, 2.05) is 36.4 Å². The van der Waals surface area contributed by atoms with Gasteiger partial charge in [0.25, 0.3) is 0 Å². The van der Waals surface area contributed by atoms with Crippen molar-refractivity contribution >= 4 is 32.4 Å². The van der Waals surface area contributed by atoms with Gasteiger partial charge in [0, 0.05) is 34.1 Å². The van der Waals surface area contributed by atoms with Crippen LogP contribution in [0.1, 0.15) is 0 Å². The average molecular weight is 537 g/mol. The van der Waals surface area contributed by atoms with E-state index in [1.54, 1.807) is 12.4 Å². The minimum Gasteiger partial charge on any atom is -0.255 e. The van der Waals surface area contributed by atoms with E-state index >= 15 is 0 Å². The fourth-order valence-electron chi connectivity index (χ4n) is 5.78. The van der Waals surface area contributed by atoms with Gasteiger partial charge in [-0.2, -0.15) is 0 Å². The fourth-order valence-corrected chi connectivity index (χ4v) is 5.78. The zero-order valence-electron chi connectivity index (χ0n) is 22.6. The SMILES string of the molecule is c1ccc(-c2cc(-c3cccc(-c4nc5ccccc5c5c4ccc4ccccc45)c3)cc(-c3ccccn3)n2)nc1. The lowest BCUT2D eigenvalue weighted by molar-refractivity contribution is 1.22. The quantitative estimate of drug-likeness (QED) is 0.210. The Kier molecular flexibility index (Phi) is 5.75. The zero-order valence-corrected chi connectivity index (χ0v) is 22.6. The maximum absolute atomic E-state index is 5.21. The van der Waals surface area contributed by atoms with Crippen LogP contribution in [0.4, 0.5) is 0 Å². The largest absolute Gasteiger partial charge is 0.255 e. The molecule has 4 aromatic carbocycles. The van der Waals surface area contributed by atoms with Gasteiger partial charge in [-0.1, -0.05) is 84.9 Å². The number of aromatic nitrogens is 4. The van der Waals surface area contributed by atoms with Crippen molar-refractivity contribution < 1.29 is 0 Å². The second-order valence-electron chi connectivity index (χ2n) is 10.3. The predicted molar refractivity (Wildman–Crippen MR) is 172 cm³/mol. The lowest BCUT2D eigenvalue weighted by Gasteiger charge is -2.14. The summed E-state index contributed by atoms with van der Waals surface area (Å²) in [4.78, 5) is 19.3. The first-order valence-electron chi connectivity index (χ1n) is 14.0. The summed E-state index contributed by atoms with van der Waals surface area (Å²) in [5.41, 5.74) is 8.40. The Bertz CT molecular complexity index is 2170. The molecule has 42 heavy (non-hydrogen) atoms. The van der Waals surface area contributed by atoms with Gasteiger partial charge >= 0.3 is 0 Å². The summed E-state index contributed by atoms with van der Waals surface area (Å²) in [6.07, 6.45) is 3.59. The van der Waals surface area contributed by atoms with Crippen LogP contribution in [-0.4, -0.2) is 19.9 Å². The Morgan fingerprint density at radius 2 is 1.05 bits per heavy atom. The summed E-state index contributed by atoms with van der Waals surface area (Å²) < 4.78 is 0. The van der Waals surface area contributed by atoms with Crippen molar-refractivity contribution in [2.45, 2.75) is 0 Å². The molecule has 196 valence electrons. The highest BCUT2D eigenvalue weighted by Gasteiger charge is 2.15. The smallest absolute Gasteiger partial charge is 0.0900 e. The van der Waals surface area contributed by atoms with E-state index < -0.39 is 0 Å². The van der Waals surface area contributed by atoms with Gasteiger partial charge in [0.15, 0.2) is 0 Å². The molecule has 0 amide bonds. The zero-order chi connectivity index (χ0) is 27.9. The van der Waals surface area contributed by atoms with Gasteiger partial charge in [-0.05, 0) is 70.4 Å². The molecule has 8 rings (SSSR count). The van der Waals surface area contributed by atoms with Crippen LogP contribution in [0.5, 0.6) is 0 Å². The molecule has 0 unspecified atom stereocenters. The van der Waals surface area contributed by atoms with Crippen LogP contribution >= 0.6 is 0 Å². The summed E-state index contributed by atoms with van der Waals surface area (Å²) >= 11 is 0. The average Bonchev–Trinajstić information content (AvgIpc) is 3.08. The minimum absolute atomic E-state index is 0.805. The van der Waals surface area contributed by atoms with E-state index in [0.717, 1.165) is 56.1 Å². The van der Waals surface area contributed by atoms with E-state index in [0.29, 0.717) is 0 Å². The molecule has 0 fully saturated rings. The van der Waals surface area contributed by atoms with Gasteiger partial charge in [0.1, 0.15) is 0 Å². The van der Waals surface area contributed by atoms with Crippen molar-refractivity contribution in [2.24, 2.45) is 0 Å². The number of para-hydroxylation sites is 1. The van der Waals surface area contributed by atoms with E-state index in [9.17, 15) is 0 Å². The van der Waals surface area contributed by atoms with Gasteiger partial charge in [-0.3, -0.25) is 9.97 Å². The van der Waals surface area contributed by atoms with Crippen LogP contribution < -0.4 is 0 Å². The molecule has 0 saturated carbocycles. The first kappa shape index (κ1) is 24.1. The third-order valence-electron chi connectivity index (χ3n) is 7.74. The van der Waals surface area contributed by atoms with Gasteiger partial charge in [-0.25, -0.2) is 9.97 Å². The monoisotopic (exact) mass is 536 g/mol. The first-order chi connectivity index (χ1) is 20.8. The highest BCUT2D eigenvalue weighted by atomic mass is 14.8. The molecule has 0 aliphatic heterocycles. The van der Waals surface area contributed by atoms with Crippen molar-refractivity contribution in [3.63, 3.8) is 0 Å². The molecule has 4 aromatic heterocycles. The number of hydrogen-bond donors (Lipinski definition) is 0. The standard InChI is InChI=1S/C38H24N4/c1-2-13-29-25(10-1)18-19-31-37(29)30-14-3-4-15-32(30)42-38(31)27-12-9-11-26(22-27)28-23-35(33-16-5-7-20-39-33)41-36(24-28)34-17-6-8-21-40-34/h1-24H. The van der Waals surface area contributed by atoms with Crippen molar-refractivity contribution in [3.8, 4) is 45.2 Å². The molecular formula is C38H24N4. The molecule has 0 saturated heterocycles. The number of hydrogen-bond acceptors (Lipinski definition) is 4. The Balaban J connectivity index is 1.35. The Morgan fingerprint density at radius 3 is 1.79 bits per heavy atom. The predicted octanol–water partition coefficient (Wildman–Crippen LogP) is 9.39.